The Morgan fingerprint density at radius 3 is 2.88 bits per heavy atom. The summed E-state index contributed by atoms with van der Waals surface area (Å²) in [7, 11) is 0. The maximum Gasteiger partial charge on any atom is 0.334 e. The minimum atomic E-state index is -1.06. The number of hydrogen-bond acceptors (Lipinski definition) is 6. The van der Waals surface area contributed by atoms with E-state index in [1.54, 1.807) is 18.2 Å². The molecule has 1 saturated heterocycles. The summed E-state index contributed by atoms with van der Waals surface area (Å²) in [6.07, 6.45) is 1.16. The normalized spacial score (nSPS) is 20.5. The predicted octanol–water partition coefficient (Wildman–Crippen LogP) is 1.54. The number of carbonyl (C=O) groups is 2. The summed E-state index contributed by atoms with van der Waals surface area (Å²) in [5.74, 6) is 0.173. The molecule has 1 N–H and O–H groups in total. The van der Waals surface area contributed by atoms with E-state index in [2.05, 4.69) is 10.1 Å². The van der Waals surface area contributed by atoms with Crippen molar-refractivity contribution in [3.63, 3.8) is 0 Å². The van der Waals surface area contributed by atoms with E-state index < -0.39 is 12.1 Å². The number of carboxylic acids is 1. The Labute approximate surface area is 143 Å². The fourth-order valence-corrected chi connectivity index (χ4v) is 2.81. The molecule has 8 heteroatoms. The summed E-state index contributed by atoms with van der Waals surface area (Å²) in [4.78, 5) is 29.6. The average Bonchev–Trinajstić information content (AvgIpc) is 3.38. The average molecular weight is 343 g/mol. The van der Waals surface area contributed by atoms with Gasteiger partial charge >= 0.3 is 5.97 Å². The SMILES string of the molecule is O=C(O)[C@@H]1CN(C(=O)c2cccc(-c3noc(C4CC4)n3)c2)CCO1. The van der Waals surface area contributed by atoms with Crippen LogP contribution in [0, 0.1) is 0 Å². The maximum absolute atomic E-state index is 12.7. The van der Waals surface area contributed by atoms with Gasteiger partial charge in [-0.2, -0.15) is 4.98 Å². The first kappa shape index (κ1) is 15.8. The monoisotopic (exact) mass is 343 g/mol. The van der Waals surface area contributed by atoms with Crippen molar-refractivity contribution in [2.24, 2.45) is 0 Å². The maximum atomic E-state index is 12.7. The van der Waals surface area contributed by atoms with E-state index in [1.807, 2.05) is 6.07 Å². The van der Waals surface area contributed by atoms with E-state index in [0.29, 0.717) is 35.3 Å². The van der Waals surface area contributed by atoms with Crippen molar-refractivity contribution in [2.45, 2.75) is 24.9 Å². The second-order valence-electron chi connectivity index (χ2n) is 6.26. The molecule has 4 rings (SSSR count). The van der Waals surface area contributed by atoms with Gasteiger partial charge in [-0.05, 0) is 25.0 Å². The van der Waals surface area contributed by atoms with Gasteiger partial charge < -0.3 is 19.3 Å². The molecule has 1 aliphatic carbocycles. The molecule has 1 atom stereocenters. The van der Waals surface area contributed by atoms with Crippen molar-refractivity contribution in [3.8, 4) is 11.4 Å². The molecule has 2 fully saturated rings. The topological polar surface area (TPSA) is 106 Å². The van der Waals surface area contributed by atoms with Crippen LogP contribution in [0.2, 0.25) is 0 Å². The number of ether oxygens (including phenoxy) is 1. The van der Waals surface area contributed by atoms with Crippen molar-refractivity contribution < 1.29 is 24.0 Å². The third-order valence-corrected chi connectivity index (χ3v) is 4.37. The molecular weight excluding hydrogens is 326 g/mol. The van der Waals surface area contributed by atoms with E-state index in [4.69, 9.17) is 14.4 Å². The lowest BCUT2D eigenvalue weighted by molar-refractivity contribution is -0.154. The summed E-state index contributed by atoms with van der Waals surface area (Å²) in [5, 5.41) is 13.1. The van der Waals surface area contributed by atoms with E-state index in [-0.39, 0.29) is 19.1 Å². The van der Waals surface area contributed by atoms with Gasteiger partial charge in [-0.25, -0.2) is 4.79 Å². The summed E-state index contributed by atoms with van der Waals surface area (Å²) in [6, 6.07) is 6.97. The first-order valence-electron chi connectivity index (χ1n) is 8.19. The molecule has 1 saturated carbocycles. The molecule has 2 aliphatic rings. The molecule has 130 valence electrons. The number of morpholine rings is 1. The molecule has 1 amide bonds. The van der Waals surface area contributed by atoms with Gasteiger partial charge in [0.25, 0.3) is 5.91 Å². The number of carboxylic acid groups (broad SMARTS) is 1. The smallest absolute Gasteiger partial charge is 0.334 e. The van der Waals surface area contributed by atoms with Gasteiger partial charge in [-0.15, -0.1) is 0 Å². The minimum Gasteiger partial charge on any atom is -0.479 e. The number of rotatable bonds is 4. The first-order valence-corrected chi connectivity index (χ1v) is 8.19. The largest absolute Gasteiger partial charge is 0.479 e. The van der Waals surface area contributed by atoms with Crippen LogP contribution in [0.1, 0.15) is 35.0 Å². The molecular formula is C17H17N3O5. The first-order chi connectivity index (χ1) is 12.1. The third-order valence-electron chi connectivity index (χ3n) is 4.37. The molecule has 0 spiro atoms. The van der Waals surface area contributed by atoms with Crippen LogP contribution in [-0.4, -0.2) is 57.8 Å². The highest BCUT2D eigenvalue weighted by Gasteiger charge is 2.31. The molecule has 2 heterocycles. The Balaban J connectivity index is 1.53. The minimum absolute atomic E-state index is 0.0342. The number of benzene rings is 1. The summed E-state index contributed by atoms with van der Waals surface area (Å²) < 4.78 is 10.4. The number of carbonyl (C=O) groups excluding carboxylic acids is 1. The van der Waals surface area contributed by atoms with E-state index in [1.165, 1.54) is 4.90 Å². The van der Waals surface area contributed by atoms with Crippen molar-refractivity contribution in [2.75, 3.05) is 19.7 Å². The van der Waals surface area contributed by atoms with E-state index in [9.17, 15) is 9.59 Å². The molecule has 8 nitrogen and oxygen atoms in total. The fourth-order valence-electron chi connectivity index (χ4n) is 2.81. The van der Waals surface area contributed by atoms with Crippen LogP contribution in [0.3, 0.4) is 0 Å². The highest BCUT2D eigenvalue weighted by Crippen LogP contribution is 2.39. The number of amides is 1. The van der Waals surface area contributed by atoms with Crippen LogP contribution >= 0.6 is 0 Å². The Hall–Kier alpha value is -2.74. The lowest BCUT2D eigenvalue weighted by atomic mass is 10.1. The van der Waals surface area contributed by atoms with Gasteiger partial charge in [0.05, 0.1) is 13.2 Å². The fraction of sp³-hybridized carbons (Fsp3) is 0.412. The number of aliphatic carboxylic acids is 1. The van der Waals surface area contributed by atoms with Crippen LogP contribution in [0.15, 0.2) is 28.8 Å². The Bertz CT molecular complexity index is 814. The Morgan fingerprint density at radius 1 is 1.28 bits per heavy atom. The molecule has 0 unspecified atom stereocenters. The second-order valence-corrected chi connectivity index (χ2v) is 6.26. The van der Waals surface area contributed by atoms with Crippen molar-refractivity contribution in [1.82, 2.24) is 15.0 Å². The highest BCUT2D eigenvalue weighted by atomic mass is 16.5. The van der Waals surface area contributed by atoms with Gasteiger partial charge in [0.15, 0.2) is 6.10 Å². The molecule has 0 radical (unpaired) electrons. The Kier molecular flexibility index (Phi) is 3.96. The zero-order valence-corrected chi connectivity index (χ0v) is 13.4. The van der Waals surface area contributed by atoms with Gasteiger partial charge in [0.2, 0.25) is 11.7 Å². The van der Waals surface area contributed by atoms with Crippen molar-refractivity contribution in [1.29, 1.82) is 0 Å². The zero-order chi connectivity index (χ0) is 17.4. The summed E-state index contributed by atoms with van der Waals surface area (Å²) >= 11 is 0. The highest BCUT2D eigenvalue weighted by molar-refractivity contribution is 5.95. The number of hydrogen-bond donors (Lipinski definition) is 1. The summed E-state index contributed by atoms with van der Waals surface area (Å²) in [5.41, 5.74) is 1.16. The number of nitrogens with zero attached hydrogens (tertiary/aromatic N) is 3. The number of aromatic nitrogens is 2. The van der Waals surface area contributed by atoms with Crippen LogP contribution in [0.4, 0.5) is 0 Å². The lowest BCUT2D eigenvalue weighted by Gasteiger charge is -2.31. The molecule has 0 bridgehead atoms. The zero-order valence-electron chi connectivity index (χ0n) is 13.4. The Morgan fingerprint density at radius 2 is 2.12 bits per heavy atom. The summed E-state index contributed by atoms with van der Waals surface area (Å²) in [6.45, 7) is 0.602. The van der Waals surface area contributed by atoms with Crippen molar-refractivity contribution >= 4 is 11.9 Å². The van der Waals surface area contributed by atoms with Crippen LogP contribution in [0.25, 0.3) is 11.4 Å². The van der Waals surface area contributed by atoms with E-state index >= 15 is 0 Å². The quantitative estimate of drug-likeness (QED) is 0.897. The van der Waals surface area contributed by atoms with Crippen LogP contribution in [-0.2, 0) is 9.53 Å². The van der Waals surface area contributed by atoms with Gasteiger partial charge in [-0.3, -0.25) is 4.79 Å². The van der Waals surface area contributed by atoms with E-state index in [0.717, 1.165) is 12.8 Å². The molecule has 1 aromatic carbocycles. The third kappa shape index (κ3) is 3.25. The van der Waals surface area contributed by atoms with Gasteiger partial charge in [0, 0.05) is 23.6 Å². The second kappa shape index (κ2) is 6.29. The van der Waals surface area contributed by atoms with Gasteiger partial charge in [0.1, 0.15) is 0 Å². The standard InChI is InChI=1S/C17H17N3O5/c21-16(20-6-7-24-13(9-20)17(22)23)12-3-1-2-11(8-12)14-18-15(25-19-14)10-4-5-10/h1-3,8,10,13H,4-7,9H2,(H,22,23)/t13-/m0/s1. The van der Waals surface area contributed by atoms with Gasteiger partial charge in [-0.1, -0.05) is 17.3 Å². The molecule has 1 aliphatic heterocycles. The molecule has 2 aromatic rings. The van der Waals surface area contributed by atoms with Crippen LogP contribution in [0.5, 0.6) is 0 Å². The van der Waals surface area contributed by atoms with Crippen LogP contribution < -0.4 is 0 Å². The molecule has 25 heavy (non-hydrogen) atoms. The lowest BCUT2D eigenvalue weighted by Crippen LogP contribution is -2.48. The van der Waals surface area contributed by atoms with Crippen molar-refractivity contribution in [3.05, 3.63) is 35.7 Å². The predicted molar refractivity (Wildman–Crippen MR) is 85.0 cm³/mol. The molecule has 1 aromatic heterocycles.